The lowest BCUT2D eigenvalue weighted by molar-refractivity contribution is 0.465. The Morgan fingerprint density at radius 2 is 1.82 bits per heavy atom. The van der Waals surface area contributed by atoms with Gasteiger partial charge in [-0.15, -0.1) is 12.4 Å². The molecule has 0 aromatic heterocycles. The number of rotatable bonds is 4. The lowest BCUT2D eigenvalue weighted by Crippen LogP contribution is -2.14. The molecule has 0 bridgehead atoms. The molecule has 7 heteroatoms. The minimum absolute atomic E-state index is 0. The van der Waals surface area contributed by atoms with Crippen LogP contribution in [0.1, 0.15) is 24.4 Å². The molecular formula is C10H14Br3ClN2O. The average molecular weight is 453 g/mol. The largest absolute Gasteiger partial charge is 0.506 e. The maximum atomic E-state index is 9.79. The van der Waals surface area contributed by atoms with Crippen molar-refractivity contribution in [3.8, 4) is 5.75 Å². The van der Waals surface area contributed by atoms with Crippen LogP contribution in [0.2, 0.25) is 0 Å². The van der Waals surface area contributed by atoms with Crippen LogP contribution in [0, 0.1) is 0 Å². The topological polar surface area (TPSA) is 72.3 Å². The van der Waals surface area contributed by atoms with E-state index in [0.717, 1.165) is 22.9 Å². The molecule has 0 radical (unpaired) electrons. The lowest BCUT2D eigenvalue weighted by Gasteiger charge is -2.17. The Bertz CT molecular complexity index is 390. The molecule has 0 saturated heterocycles. The molecule has 1 aromatic carbocycles. The van der Waals surface area contributed by atoms with Crippen molar-refractivity contribution in [2.75, 3.05) is 6.54 Å². The molecule has 0 fully saturated rings. The Hall–Kier alpha value is 0.670. The molecule has 0 saturated carbocycles. The van der Waals surface area contributed by atoms with Gasteiger partial charge < -0.3 is 16.6 Å². The number of nitrogens with two attached hydrogens (primary N) is 2. The summed E-state index contributed by atoms with van der Waals surface area (Å²) in [5, 5.41) is 9.79. The van der Waals surface area contributed by atoms with Gasteiger partial charge in [-0.1, -0.05) is 15.9 Å². The Morgan fingerprint density at radius 1 is 1.24 bits per heavy atom. The van der Waals surface area contributed by atoms with Crippen LogP contribution >= 0.6 is 60.2 Å². The zero-order valence-corrected chi connectivity index (χ0v) is 14.5. The van der Waals surface area contributed by atoms with E-state index in [1.54, 1.807) is 6.07 Å². The molecule has 98 valence electrons. The number of benzene rings is 1. The lowest BCUT2D eigenvalue weighted by atomic mass is 10.0. The maximum absolute atomic E-state index is 9.79. The van der Waals surface area contributed by atoms with Crippen molar-refractivity contribution in [3.05, 3.63) is 25.0 Å². The zero-order chi connectivity index (χ0) is 12.3. The normalized spacial score (nSPS) is 12.1. The van der Waals surface area contributed by atoms with Crippen molar-refractivity contribution in [3.63, 3.8) is 0 Å². The van der Waals surface area contributed by atoms with E-state index in [4.69, 9.17) is 11.5 Å². The van der Waals surface area contributed by atoms with E-state index in [9.17, 15) is 5.11 Å². The van der Waals surface area contributed by atoms with Crippen molar-refractivity contribution in [2.24, 2.45) is 11.5 Å². The second-order valence-electron chi connectivity index (χ2n) is 3.45. The average Bonchev–Trinajstić information content (AvgIpc) is 2.23. The van der Waals surface area contributed by atoms with E-state index in [-0.39, 0.29) is 24.2 Å². The number of halogens is 4. The molecule has 3 nitrogen and oxygen atoms in total. The van der Waals surface area contributed by atoms with Gasteiger partial charge in [0.2, 0.25) is 0 Å². The smallest absolute Gasteiger partial charge is 0.144 e. The minimum Gasteiger partial charge on any atom is -0.506 e. The van der Waals surface area contributed by atoms with Crippen molar-refractivity contribution in [2.45, 2.75) is 18.9 Å². The first kappa shape index (κ1) is 17.7. The number of hydrogen-bond donors (Lipinski definition) is 3. The Morgan fingerprint density at radius 3 is 2.35 bits per heavy atom. The van der Waals surface area contributed by atoms with Gasteiger partial charge >= 0.3 is 0 Å². The van der Waals surface area contributed by atoms with E-state index in [1.807, 2.05) is 0 Å². The molecule has 0 aliphatic carbocycles. The van der Waals surface area contributed by atoms with Crippen LogP contribution in [0.25, 0.3) is 0 Å². The van der Waals surface area contributed by atoms with Gasteiger partial charge in [0, 0.05) is 16.1 Å². The molecule has 0 aliphatic heterocycles. The summed E-state index contributed by atoms with van der Waals surface area (Å²) in [5.74, 6) is 0.168. The molecule has 1 aromatic rings. The molecule has 0 unspecified atom stereocenters. The zero-order valence-electron chi connectivity index (χ0n) is 8.92. The third-order valence-electron chi connectivity index (χ3n) is 2.27. The van der Waals surface area contributed by atoms with E-state index < -0.39 is 0 Å². The summed E-state index contributed by atoms with van der Waals surface area (Å²) in [7, 11) is 0. The molecule has 1 rings (SSSR count). The highest BCUT2D eigenvalue weighted by molar-refractivity contribution is 9.11. The highest BCUT2D eigenvalue weighted by atomic mass is 79.9. The van der Waals surface area contributed by atoms with Crippen LogP contribution < -0.4 is 11.5 Å². The predicted octanol–water partition coefficient (Wildman–Crippen LogP) is 3.84. The summed E-state index contributed by atoms with van der Waals surface area (Å²) < 4.78 is 2.12. The van der Waals surface area contributed by atoms with Crippen LogP contribution in [-0.4, -0.2) is 11.7 Å². The van der Waals surface area contributed by atoms with Gasteiger partial charge in [0.25, 0.3) is 0 Å². The summed E-state index contributed by atoms with van der Waals surface area (Å²) in [6, 6.07) is 1.64. The van der Waals surface area contributed by atoms with E-state index >= 15 is 0 Å². The summed E-state index contributed by atoms with van der Waals surface area (Å²) in [6.07, 6.45) is 1.64. The molecule has 0 heterocycles. The van der Waals surface area contributed by atoms with Crippen molar-refractivity contribution in [1.29, 1.82) is 0 Å². The fourth-order valence-corrected chi connectivity index (χ4v) is 4.13. The van der Waals surface area contributed by atoms with Gasteiger partial charge in [-0.05, 0) is 57.3 Å². The Kier molecular flexibility index (Phi) is 8.28. The Balaban J connectivity index is 0.00000256. The SMILES string of the molecule is Cl.NCCC[C@H](N)c1c(Br)cc(Br)c(O)c1Br. The second kappa shape index (κ2) is 7.96. The monoisotopic (exact) mass is 450 g/mol. The van der Waals surface area contributed by atoms with Gasteiger partial charge in [0.05, 0.1) is 8.95 Å². The highest BCUT2D eigenvalue weighted by Gasteiger charge is 2.18. The molecule has 0 aliphatic rings. The van der Waals surface area contributed by atoms with Crippen LogP contribution in [0.3, 0.4) is 0 Å². The van der Waals surface area contributed by atoms with E-state index in [2.05, 4.69) is 47.8 Å². The van der Waals surface area contributed by atoms with Crippen LogP contribution in [0.5, 0.6) is 5.75 Å². The number of aromatic hydroxyl groups is 1. The molecule has 1 atom stereocenters. The van der Waals surface area contributed by atoms with Gasteiger partial charge in [-0.2, -0.15) is 0 Å². The first-order valence-electron chi connectivity index (χ1n) is 4.81. The quantitative estimate of drug-likeness (QED) is 0.649. The summed E-state index contributed by atoms with van der Waals surface area (Å²) in [5.41, 5.74) is 12.4. The maximum Gasteiger partial charge on any atom is 0.144 e. The number of phenols is 1. The van der Waals surface area contributed by atoms with Gasteiger partial charge in [-0.25, -0.2) is 0 Å². The van der Waals surface area contributed by atoms with E-state index in [1.165, 1.54) is 0 Å². The molecule has 17 heavy (non-hydrogen) atoms. The van der Waals surface area contributed by atoms with Crippen LogP contribution in [0.4, 0.5) is 0 Å². The van der Waals surface area contributed by atoms with Crippen LogP contribution in [0.15, 0.2) is 19.5 Å². The number of hydrogen-bond acceptors (Lipinski definition) is 3. The molecule has 0 spiro atoms. The second-order valence-corrected chi connectivity index (χ2v) is 5.96. The molecule has 0 amide bonds. The molecule has 5 N–H and O–H groups in total. The first-order valence-corrected chi connectivity index (χ1v) is 7.19. The van der Waals surface area contributed by atoms with Gasteiger partial charge in [0.15, 0.2) is 0 Å². The Labute approximate surface area is 132 Å². The third kappa shape index (κ3) is 4.36. The van der Waals surface area contributed by atoms with E-state index in [0.29, 0.717) is 15.5 Å². The minimum atomic E-state index is -0.147. The van der Waals surface area contributed by atoms with Gasteiger partial charge in [0.1, 0.15) is 5.75 Å². The standard InChI is InChI=1S/C10H13Br3N2O.ClH/c11-5-4-6(12)10(16)9(13)8(5)7(15)2-1-3-14;/h4,7,16H,1-3,14-15H2;1H/t7-;/m0./s1. The summed E-state index contributed by atoms with van der Waals surface area (Å²) in [4.78, 5) is 0. The highest BCUT2D eigenvalue weighted by Crippen LogP contribution is 2.42. The number of phenolic OH excluding ortho intramolecular Hbond substituents is 1. The van der Waals surface area contributed by atoms with Crippen molar-refractivity contribution in [1.82, 2.24) is 0 Å². The van der Waals surface area contributed by atoms with Crippen LogP contribution in [-0.2, 0) is 0 Å². The first-order chi connectivity index (χ1) is 7.49. The molecular weight excluding hydrogens is 439 g/mol. The summed E-state index contributed by atoms with van der Waals surface area (Å²) >= 11 is 10.1. The van der Waals surface area contributed by atoms with Crippen molar-refractivity contribution < 1.29 is 5.11 Å². The van der Waals surface area contributed by atoms with Gasteiger partial charge in [-0.3, -0.25) is 0 Å². The van der Waals surface area contributed by atoms with Crippen molar-refractivity contribution >= 4 is 60.2 Å². The fraction of sp³-hybridized carbons (Fsp3) is 0.400. The predicted molar refractivity (Wildman–Crippen MR) is 83.7 cm³/mol. The fourth-order valence-electron chi connectivity index (χ4n) is 1.42. The summed E-state index contributed by atoms with van der Waals surface area (Å²) in [6.45, 7) is 0.617. The third-order valence-corrected chi connectivity index (χ3v) is 4.33.